The minimum atomic E-state index is -0.486. The summed E-state index contributed by atoms with van der Waals surface area (Å²) in [6, 6.07) is 4.37. The number of halogens is 1. The number of hydrogen-bond acceptors (Lipinski definition) is 4. The maximum atomic E-state index is 13.7. The predicted molar refractivity (Wildman–Crippen MR) is 82.2 cm³/mol. The topological polar surface area (TPSA) is 62.5 Å². The van der Waals surface area contributed by atoms with Crippen molar-refractivity contribution in [1.82, 2.24) is 5.32 Å². The second-order valence-electron chi connectivity index (χ2n) is 4.89. The fourth-order valence-electron chi connectivity index (χ4n) is 2.23. The summed E-state index contributed by atoms with van der Waals surface area (Å²) in [6.07, 6.45) is 1.87. The molecule has 0 radical (unpaired) electrons. The molecule has 0 saturated heterocycles. The van der Waals surface area contributed by atoms with Crippen molar-refractivity contribution in [1.29, 1.82) is 0 Å². The molecule has 2 aromatic rings. The van der Waals surface area contributed by atoms with Crippen molar-refractivity contribution in [3.05, 3.63) is 35.3 Å². The van der Waals surface area contributed by atoms with Crippen molar-refractivity contribution in [2.24, 2.45) is 0 Å². The Balaban J connectivity index is 2.28. The number of furan rings is 1. The van der Waals surface area contributed by atoms with Crippen LogP contribution < -0.4 is 5.32 Å². The normalized spacial score (nSPS) is 14.1. The molecule has 0 aliphatic rings. The summed E-state index contributed by atoms with van der Waals surface area (Å²) in [5.41, 5.74) is 0.704. The predicted octanol–water partition coefficient (Wildman–Crippen LogP) is 2.72. The van der Waals surface area contributed by atoms with Crippen LogP contribution in [0.15, 0.2) is 22.6 Å². The molecule has 0 spiro atoms. The lowest BCUT2D eigenvalue weighted by molar-refractivity contribution is 0.0909. The Hall–Kier alpha value is -1.53. The van der Waals surface area contributed by atoms with Crippen LogP contribution in [0.25, 0.3) is 11.0 Å². The molecule has 0 aliphatic heterocycles. The van der Waals surface area contributed by atoms with Gasteiger partial charge in [0.2, 0.25) is 0 Å². The molecule has 0 aliphatic carbocycles. The van der Waals surface area contributed by atoms with Gasteiger partial charge in [0.05, 0.1) is 6.61 Å². The van der Waals surface area contributed by atoms with Gasteiger partial charge in [-0.3, -0.25) is 4.79 Å². The molecule has 1 heterocycles. The molecular formula is C15H18FNO3S. The lowest BCUT2D eigenvalue weighted by atomic mass is 10.1. The van der Waals surface area contributed by atoms with Crippen LogP contribution in [0.4, 0.5) is 4.39 Å². The van der Waals surface area contributed by atoms with Gasteiger partial charge in [-0.25, -0.2) is 4.39 Å². The molecule has 0 saturated carbocycles. The van der Waals surface area contributed by atoms with Crippen LogP contribution in [-0.4, -0.2) is 35.2 Å². The van der Waals surface area contributed by atoms with Crippen LogP contribution in [-0.2, 0) is 0 Å². The van der Waals surface area contributed by atoms with Crippen molar-refractivity contribution in [3.63, 3.8) is 0 Å². The smallest absolute Gasteiger partial charge is 0.287 e. The van der Waals surface area contributed by atoms with Crippen molar-refractivity contribution in [2.45, 2.75) is 25.1 Å². The van der Waals surface area contributed by atoms with E-state index in [4.69, 9.17) is 4.42 Å². The minimum absolute atomic E-state index is 0.0314. The van der Waals surface area contributed by atoms with E-state index in [1.54, 1.807) is 19.1 Å². The summed E-state index contributed by atoms with van der Waals surface area (Å²) in [5.74, 6) is -0.775. The third kappa shape index (κ3) is 3.06. The zero-order valence-corrected chi connectivity index (χ0v) is 13.0. The number of amides is 1. The summed E-state index contributed by atoms with van der Waals surface area (Å²) in [5, 5.41) is 12.5. The first-order valence-corrected chi connectivity index (χ1v) is 7.90. The minimum Gasteiger partial charge on any atom is -0.448 e. The first-order chi connectivity index (χ1) is 9.99. The molecule has 2 atom stereocenters. The van der Waals surface area contributed by atoms with Gasteiger partial charge in [0.15, 0.2) is 17.2 Å². The first-order valence-electron chi connectivity index (χ1n) is 6.61. The Morgan fingerprint density at radius 3 is 2.81 bits per heavy atom. The molecule has 1 amide bonds. The summed E-state index contributed by atoms with van der Waals surface area (Å²) >= 11 is 1.47. The monoisotopic (exact) mass is 311 g/mol. The van der Waals surface area contributed by atoms with Crippen LogP contribution in [0.5, 0.6) is 0 Å². The molecule has 1 aromatic carbocycles. The molecule has 0 fully saturated rings. The average Bonchev–Trinajstić information content (AvgIpc) is 2.79. The van der Waals surface area contributed by atoms with E-state index in [1.807, 2.05) is 13.2 Å². The summed E-state index contributed by atoms with van der Waals surface area (Å²) in [4.78, 5) is 12.3. The Kier molecular flexibility index (Phi) is 4.90. The fourth-order valence-corrected chi connectivity index (χ4v) is 2.85. The van der Waals surface area contributed by atoms with E-state index in [-0.39, 0.29) is 29.2 Å². The van der Waals surface area contributed by atoms with Crippen molar-refractivity contribution < 1.29 is 18.7 Å². The maximum absolute atomic E-state index is 13.7. The van der Waals surface area contributed by atoms with Gasteiger partial charge in [-0.05, 0) is 26.2 Å². The standard InChI is InChI=1S/C15H18FNO3S/c1-8-10-5-4-6-11(16)14(10)20-13(8)15(19)17-9(2)12(7-18)21-3/h4-6,9,12,18H,7H2,1-3H3,(H,17,19). The van der Waals surface area contributed by atoms with Crippen LogP contribution in [0.3, 0.4) is 0 Å². The Morgan fingerprint density at radius 2 is 2.24 bits per heavy atom. The van der Waals surface area contributed by atoms with Crippen molar-refractivity contribution >= 4 is 28.6 Å². The Bertz CT molecular complexity index is 652. The van der Waals surface area contributed by atoms with E-state index in [1.165, 1.54) is 17.8 Å². The number of benzene rings is 1. The van der Waals surface area contributed by atoms with Gasteiger partial charge in [-0.1, -0.05) is 12.1 Å². The number of hydrogen-bond donors (Lipinski definition) is 2. The highest BCUT2D eigenvalue weighted by molar-refractivity contribution is 7.99. The SMILES string of the molecule is CSC(CO)C(C)NC(=O)c1oc2c(F)cccc2c1C. The quantitative estimate of drug-likeness (QED) is 0.891. The van der Waals surface area contributed by atoms with E-state index in [2.05, 4.69) is 5.32 Å². The summed E-state index contributed by atoms with van der Waals surface area (Å²) in [6.45, 7) is 3.51. The highest BCUT2D eigenvalue weighted by Crippen LogP contribution is 2.27. The highest BCUT2D eigenvalue weighted by atomic mass is 32.2. The van der Waals surface area contributed by atoms with Crippen molar-refractivity contribution in [3.8, 4) is 0 Å². The number of thioether (sulfide) groups is 1. The molecule has 21 heavy (non-hydrogen) atoms. The number of aliphatic hydroxyl groups is 1. The molecule has 2 rings (SSSR count). The van der Waals surface area contributed by atoms with E-state index in [9.17, 15) is 14.3 Å². The van der Waals surface area contributed by atoms with E-state index in [0.29, 0.717) is 10.9 Å². The van der Waals surface area contributed by atoms with Gasteiger partial charge in [-0.15, -0.1) is 0 Å². The molecule has 6 heteroatoms. The van der Waals surface area contributed by atoms with Crippen LogP contribution >= 0.6 is 11.8 Å². The second-order valence-corrected chi connectivity index (χ2v) is 5.97. The van der Waals surface area contributed by atoms with Crippen LogP contribution in [0.1, 0.15) is 23.0 Å². The number of fused-ring (bicyclic) bond motifs is 1. The summed E-state index contributed by atoms with van der Waals surface area (Å²) < 4.78 is 19.1. The first kappa shape index (κ1) is 15.9. The molecule has 0 bridgehead atoms. The lowest BCUT2D eigenvalue weighted by Gasteiger charge is -2.20. The fraction of sp³-hybridized carbons (Fsp3) is 0.400. The number of aryl methyl sites for hydroxylation is 1. The largest absolute Gasteiger partial charge is 0.448 e. The number of para-hydroxylation sites is 1. The van der Waals surface area contributed by atoms with Gasteiger partial charge >= 0.3 is 0 Å². The molecule has 114 valence electrons. The zero-order chi connectivity index (χ0) is 15.6. The Labute approximate surface area is 126 Å². The molecule has 1 aromatic heterocycles. The van der Waals surface area contributed by atoms with Gasteiger partial charge in [0.1, 0.15) is 0 Å². The van der Waals surface area contributed by atoms with Crippen LogP contribution in [0, 0.1) is 12.7 Å². The molecule has 2 unspecified atom stereocenters. The van der Waals surface area contributed by atoms with Gasteiger partial charge < -0.3 is 14.8 Å². The second kappa shape index (κ2) is 6.49. The molecular weight excluding hydrogens is 293 g/mol. The third-order valence-electron chi connectivity index (χ3n) is 3.52. The third-order valence-corrected chi connectivity index (χ3v) is 4.68. The Morgan fingerprint density at radius 1 is 1.52 bits per heavy atom. The zero-order valence-electron chi connectivity index (χ0n) is 12.1. The van der Waals surface area contributed by atoms with E-state index < -0.39 is 11.7 Å². The molecule has 2 N–H and O–H groups in total. The number of aliphatic hydroxyl groups excluding tert-OH is 1. The van der Waals surface area contributed by atoms with E-state index >= 15 is 0 Å². The number of rotatable bonds is 5. The average molecular weight is 311 g/mol. The highest BCUT2D eigenvalue weighted by Gasteiger charge is 2.23. The maximum Gasteiger partial charge on any atom is 0.287 e. The van der Waals surface area contributed by atoms with Gasteiger partial charge in [0.25, 0.3) is 5.91 Å². The van der Waals surface area contributed by atoms with E-state index in [0.717, 1.165) is 0 Å². The van der Waals surface area contributed by atoms with Gasteiger partial charge in [0, 0.05) is 22.2 Å². The van der Waals surface area contributed by atoms with Crippen molar-refractivity contribution in [2.75, 3.05) is 12.9 Å². The van der Waals surface area contributed by atoms with Gasteiger partial charge in [-0.2, -0.15) is 11.8 Å². The number of carbonyl (C=O) groups is 1. The summed E-state index contributed by atoms with van der Waals surface area (Å²) in [7, 11) is 0. The molecule has 4 nitrogen and oxygen atoms in total. The lowest BCUT2D eigenvalue weighted by Crippen LogP contribution is -2.41. The number of nitrogens with one attached hydrogen (secondary N) is 1. The van der Waals surface area contributed by atoms with Crippen LogP contribution in [0.2, 0.25) is 0 Å². The number of carbonyl (C=O) groups excluding carboxylic acids is 1.